The van der Waals surface area contributed by atoms with E-state index in [-0.39, 0.29) is 12.5 Å². The second-order valence-electron chi connectivity index (χ2n) is 6.62. The monoisotopic (exact) mass is 452 g/mol. The lowest BCUT2D eigenvalue weighted by Gasteiger charge is -2.09. The molecule has 0 radical (unpaired) electrons. The minimum Gasteiger partial charge on any atom is -0.496 e. The number of methoxy groups -OCH3 is 1. The fourth-order valence-electron chi connectivity index (χ4n) is 3.23. The maximum atomic E-state index is 13.0. The van der Waals surface area contributed by atoms with Gasteiger partial charge in [0.25, 0.3) is 5.91 Å². The van der Waals surface area contributed by atoms with Gasteiger partial charge in [0, 0.05) is 5.56 Å². The molecule has 0 aliphatic carbocycles. The van der Waals surface area contributed by atoms with Crippen molar-refractivity contribution in [2.24, 2.45) is 0 Å². The zero-order valence-corrected chi connectivity index (χ0v) is 18.9. The quantitative estimate of drug-likeness (QED) is 0.376. The van der Waals surface area contributed by atoms with Crippen molar-refractivity contribution in [2.75, 3.05) is 19.0 Å². The van der Waals surface area contributed by atoms with Crippen LogP contribution in [0.2, 0.25) is 0 Å². The zero-order valence-electron chi connectivity index (χ0n) is 17.2. The van der Waals surface area contributed by atoms with E-state index in [1.165, 1.54) is 29.8 Å². The number of benzene rings is 2. The van der Waals surface area contributed by atoms with Crippen molar-refractivity contribution in [2.45, 2.75) is 13.8 Å². The predicted molar refractivity (Wildman–Crippen MR) is 125 cm³/mol. The zero-order chi connectivity index (χ0) is 22.0. The van der Waals surface area contributed by atoms with Gasteiger partial charge in [-0.05, 0) is 43.7 Å². The molecule has 0 saturated heterocycles. The Balaban J connectivity index is 1.81. The Kier molecular flexibility index (Phi) is 6.01. The van der Waals surface area contributed by atoms with Crippen molar-refractivity contribution in [3.63, 3.8) is 0 Å². The average molecular weight is 453 g/mol. The molecule has 1 amide bonds. The van der Waals surface area contributed by atoms with Crippen LogP contribution in [0, 0.1) is 6.92 Å². The highest BCUT2D eigenvalue weighted by molar-refractivity contribution is 7.23. The van der Waals surface area contributed by atoms with Gasteiger partial charge in [-0.25, -0.2) is 9.78 Å². The summed E-state index contributed by atoms with van der Waals surface area (Å²) in [5, 5.41) is 4.25. The molecule has 0 atom stereocenters. The van der Waals surface area contributed by atoms with Crippen LogP contribution in [-0.4, -0.2) is 30.6 Å². The number of nitrogens with one attached hydrogen (secondary N) is 1. The molecular weight excluding hydrogens is 432 g/mol. The number of rotatable bonds is 6. The van der Waals surface area contributed by atoms with Crippen LogP contribution in [0.15, 0.2) is 48.5 Å². The molecule has 0 fully saturated rings. The summed E-state index contributed by atoms with van der Waals surface area (Å²) < 4.78 is 11.6. The van der Waals surface area contributed by atoms with Crippen LogP contribution in [-0.2, 0) is 4.74 Å². The molecule has 0 unspecified atom stereocenters. The Hall–Kier alpha value is -3.23. The van der Waals surface area contributed by atoms with Crippen LogP contribution in [0.1, 0.15) is 32.5 Å². The molecule has 6 nitrogen and oxygen atoms in total. The number of anilines is 1. The number of hydrogen-bond donors (Lipinski definition) is 1. The molecule has 0 aliphatic rings. The molecule has 8 heteroatoms. The number of nitrogens with zero attached hydrogens (tertiary/aromatic N) is 1. The lowest BCUT2D eigenvalue weighted by atomic mass is 10.1. The molecule has 158 valence electrons. The lowest BCUT2D eigenvalue weighted by Crippen LogP contribution is -2.12. The summed E-state index contributed by atoms with van der Waals surface area (Å²) in [6.07, 6.45) is 0. The van der Waals surface area contributed by atoms with Gasteiger partial charge in [0.05, 0.1) is 29.5 Å². The minimum absolute atomic E-state index is 0.273. The van der Waals surface area contributed by atoms with Gasteiger partial charge in [-0.15, -0.1) is 22.7 Å². The Morgan fingerprint density at radius 2 is 1.81 bits per heavy atom. The Bertz CT molecular complexity index is 1240. The number of hydrogen-bond acceptors (Lipinski definition) is 7. The van der Waals surface area contributed by atoms with Crippen LogP contribution in [0.3, 0.4) is 0 Å². The van der Waals surface area contributed by atoms with Gasteiger partial charge in [-0.3, -0.25) is 4.79 Å². The largest absolute Gasteiger partial charge is 0.496 e. The second kappa shape index (κ2) is 8.87. The van der Waals surface area contributed by atoms with E-state index in [4.69, 9.17) is 14.5 Å². The van der Waals surface area contributed by atoms with Crippen molar-refractivity contribution in [3.05, 3.63) is 64.5 Å². The number of thiazole rings is 1. The maximum absolute atomic E-state index is 13.0. The second-order valence-corrected chi connectivity index (χ2v) is 8.67. The van der Waals surface area contributed by atoms with E-state index in [9.17, 15) is 9.59 Å². The third-order valence-electron chi connectivity index (χ3n) is 4.69. The summed E-state index contributed by atoms with van der Waals surface area (Å²) in [6, 6.07) is 14.8. The summed E-state index contributed by atoms with van der Waals surface area (Å²) in [7, 11) is 1.52. The van der Waals surface area contributed by atoms with E-state index in [1.807, 2.05) is 31.2 Å². The molecule has 4 rings (SSSR count). The average Bonchev–Trinajstić information content (AvgIpc) is 3.34. The fraction of sp³-hybridized carbons (Fsp3) is 0.174. The van der Waals surface area contributed by atoms with Gasteiger partial charge in [0.15, 0.2) is 0 Å². The molecule has 2 aromatic carbocycles. The van der Waals surface area contributed by atoms with Crippen molar-refractivity contribution in [3.8, 4) is 16.3 Å². The third-order valence-corrected chi connectivity index (χ3v) is 6.94. The number of aromatic nitrogens is 1. The summed E-state index contributed by atoms with van der Waals surface area (Å²) in [6.45, 7) is 3.89. The number of amides is 1. The molecule has 31 heavy (non-hydrogen) atoms. The fourth-order valence-corrected chi connectivity index (χ4v) is 5.47. The van der Waals surface area contributed by atoms with E-state index in [0.717, 1.165) is 26.4 Å². The van der Waals surface area contributed by atoms with Crippen molar-refractivity contribution in [1.82, 2.24) is 4.98 Å². The molecule has 4 aromatic rings. The minimum atomic E-state index is -0.412. The molecule has 2 aromatic heterocycles. The van der Waals surface area contributed by atoms with Crippen LogP contribution in [0.5, 0.6) is 5.75 Å². The normalized spacial score (nSPS) is 10.8. The number of esters is 1. The van der Waals surface area contributed by atoms with Gasteiger partial charge < -0.3 is 14.8 Å². The van der Waals surface area contributed by atoms with E-state index in [1.54, 1.807) is 31.2 Å². The van der Waals surface area contributed by atoms with Gasteiger partial charge in [0.1, 0.15) is 20.6 Å². The molecule has 2 heterocycles. The Morgan fingerprint density at radius 3 is 2.55 bits per heavy atom. The molecule has 0 saturated carbocycles. The summed E-state index contributed by atoms with van der Waals surface area (Å²) >= 11 is 2.71. The van der Waals surface area contributed by atoms with E-state index < -0.39 is 5.97 Å². The Morgan fingerprint density at radius 1 is 1.06 bits per heavy atom. The van der Waals surface area contributed by atoms with Gasteiger partial charge >= 0.3 is 5.97 Å². The van der Waals surface area contributed by atoms with Crippen molar-refractivity contribution < 1.29 is 19.1 Å². The summed E-state index contributed by atoms with van der Waals surface area (Å²) in [5.41, 5.74) is 2.74. The molecular formula is C23H20N2O4S2. The SMILES string of the molecule is CCOC(=O)c1sc(NC(=O)c2ccccc2OC)c(-c2nc3ccccc3s2)c1C. The molecule has 1 N–H and O–H groups in total. The van der Waals surface area contributed by atoms with Crippen LogP contribution < -0.4 is 10.1 Å². The van der Waals surface area contributed by atoms with Gasteiger partial charge in [-0.1, -0.05) is 24.3 Å². The van der Waals surface area contributed by atoms with Gasteiger partial charge in [-0.2, -0.15) is 0 Å². The summed E-state index contributed by atoms with van der Waals surface area (Å²) in [4.78, 5) is 30.8. The first-order chi connectivity index (χ1) is 15.0. The number of carbonyl (C=O) groups excluding carboxylic acids is 2. The maximum Gasteiger partial charge on any atom is 0.348 e. The smallest absolute Gasteiger partial charge is 0.348 e. The summed E-state index contributed by atoms with van der Waals surface area (Å²) in [5.74, 6) is -0.262. The number of carbonyl (C=O) groups is 2. The van der Waals surface area contributed by atoms with Crippen LogP contribution in [0.25, 0.3) is 20.8 Å². The standard InChI is InChI=1S/C23H20N2O4S2/c1-4-29-23(27)19-13(2)18(21-24-15-10-6-8-12-17(15)30-21)22(31-19)25-20(26)14-9-5-7-11-16(14)28-3/h5-12H,4H2,1-3H3,(H,25,26). The first kappa shape index (κ1) is 21.0. The topological polar surface area (TPSA) is 77.5 Å². The van der Waals surface area contributed by atoms with Crippen LogP contribution in [0.4, 0.5) is 5.00 Å². The molecule has 0 bridgehead atoms. The molecule has 0 spiro atoms. The van der Waals surface area contributed by atoms with E-state index >= 15 is 0 Å². The van der Waals surface area contributed by atoms with Crippen LogP contribution >= 0.6 is 22.7 Å². The van der Waals surface area contributed by atoms with Crippen molar-refractivity contribution >= 4 is 49.8 Å². The number of thiophene rings is 1. The lowest BCUT2D eigenvalue weighted by molar-refractivity contribution is 0.0531. The highest BCUT2D eigenvalue weighted by Gasteiger charge is 2.26. The van der Waals surface area contributed by atoms with Gasteiger partial charge in [0.2, 0.25) is 0 Å². The highest BCUT2D eigenvalue weighted by Crippen LogP contribution is 2.44. The number of ether oxygens (including phenoxy) is 2. The van der Waals surface area contributed by atoms with E-state index in [0.29, 0.717) is 21.2 Å². The first-order valence-electron chi connectivity index (χ1n) is 9.64. The number of fused-ring (bicyclic) bond motifs is 1. The van der Waals surface area contributed by atoms with E-state index in [2.05, 4.69) is 5.32 Å². The molecule has 0 aliphatic heterocycles. The highest BCUT2D eigenvalue weighted by atomic mass is 32.1. The Labute approximate surface area is 187 Å². The van der Waals surface area contributed by atoms with Crippen molar-refractivity contribution in [1.29, 1.82) is 0 Å². The third kappa shape index (κ3) is 4.04. The predicted octanol–water partition coefficient (Wildman–Crippen LogP) is 5.77. The number of para-hydroxylation sites is 2. The first-order valence-corrected chi connectivity index (χ1v) is 11.3.